The van der Waals surface area contributed by atoms with E-state index in [4.69, 9.17) is 5.73 Å². The van der Waals surface area contributed by atoms with Crippen molar-refractivity contribution in [2.24, 2.45) is 5.73 Å². The first-order valence-corrected chi connectivity index (χ1v) is 12.2. The zero-order chi connectivity index (χ0) is 25.4. The van der Waals surface area contributed by atoms with Crippen molar-refractivity contribution in [3.05, 3.63) is 81.0 Å². The number of carbonyl (C=O) groups is 2. The highest BCUT2D eigenvalue weighted by Gasteiger charge is 2.25. The SMILES string of the molecule is CCC(=O)NC(Cc1nc(C)c(-c2ccc([N+](=O)[O-])cc2)s1)C(=O)NC(CN)Cc1ccccc1. The quantitative estimate of drug-likeness (QED) is 0.276. The Kier molecular flexibility index (Phi) is 9.04. The molecule has 0 aliphatic heterocycles. The monoisotopic (exact) mass is 495 g/mol. The van der Waals surface area contributed by atoms with Gasteiger partial charge in [0.1, 0.15) is 6.04 Å². The molecule has 0 aliphatic rings. The van der Waals surface area contributed by atoms with Gasteiger partial charge in [-0.3, -0.25) is 19.7 Å². The Bertz CT molecular complexity index is 1160. The number of rotatable bonds is 11. The molecule has 2 unspecified atom stereocenters. The second-order valence-corrected chi connectivity index (χ2v) is 9.22. The molecule has 0 saturated carbocycles. The first kappa shape index (κ1) is 26.0. The van der Waals surface area contributed by atoms with Gasteiger partial charge in [-0.1, -0.05) is 37.3 Å². The van der Waals surface area contributed by atoms with Gasteiger partial charge in [0.2, 0.25) is 11.8 Å². The number of hydrogen-bond donors (Lipinski definition) is 3. The highest BCUT2D eigenvalue weighted by atomic mass is 32.1. The van der Waals surface area contributed by atoms with Gasteiger partial charge in [-0.05, 0) is 36.6 Å². The van der Waals surface area contributed by atoms with E-state index in [1.807, 2.05) is 37.3 Å². The Balaban J connectivity index is 1.76. The van der Waals surface area contributed by atoms with Crippen LogP contribution in [0.5, 0.6) is 0 Å². The Morgan fingerprint density at radius 2 is 1.77 bits per heavy atom. The van der Waals surface area contributed by atoms with E-state index in [1.54, 1.807) is 19.1 Å². The highest BCUT2D eigenvalue weighted by Crippen LogP contribution is 2.31. The zero-order valence-corrected chi connectivity index (χ0v) is 20.5. The fraction of sp³-hybridized carbons (Fsp3) is 0.320. The Labute approximate surface area is 207 Å². The lowest BCUT2D eigenvalue weighted by molar-refractivity contribution is -0.384. The number of aromatic nitrogens is 1. The molecule has 2 atom stereocenters. The summed E-state index contributed by atoms with van der Waals surface area (Å²) < 4.78 is 0. The Hall–Kier alpha value is -3.63. The molecule has 1 aromatic heterocycles. The van der Waals surface area contributed by atoms with Gasteiger partial charge < -0.3 is 16.4 Å². The molecule has 0 fully saturated rings. The van der Waals surface area contributed by atoms with Gasteiger partial charge in [0.05, 0.1) is 20.5 Å². The largest absolute Gasteiger partial charge is 0.350 e. The third kappa shape index (κ3) is 7.17. The molecule has 1 heterocycles. The van der Waals surface area contributed by atoms with E-state index in [1.165, 1.54) is 23.5 Å². The van der Waals surface area contributed by atoms with Crippen LogP contribution in [0.15, 0.2) is 54.6 Å². The van der Waals surface area contributed by atoms with E-state index in [0.29, 0.717) is 11.4 Å². The van der Waals surface area contributed by atoms with Crippen LogP contribution in [0.4, 0.5) is 5.69 Å². The van der Waals surface area contributed by atoms with Gasteiger partial charge in [0.25, 0.3) is 5.69 Å². The number of thiazole rings is 1. The summed E-state index contributed by atoms with van der Waals surface area (Å²) in [6, 6.07) is 14.9. The van der Waals surface area contributed by atoms with Crippen molar-refractivity contribution in [1.82, 2.24) is 15.6 Å². The second-order valence-electron chi connectivity index (χ2n) is 8.13. The van der Waals surface area contributed by atoms with Crippen LogP contribution >= 0.6 is 11.3 Å². The second kappa shape index (κ2) is 12.2. The number of carbonyl (C=O) groups excluding carboxylic acids is 2. The standard InChI is InChI=1S/C25H29N5O4S/c1-3-22(31)29-21(25(32)28-19(15-26)13-17-7-5-4-6-8-17)14-23-27-16(2)24(35-23)18-9-11-20(12-10-18)30(33)34/h4-12,19,21H,3,13-15,26H2,1-2H3,(H,28,32)(H,29,31). The van der Waals surface area contributed by atoms with E-state index >= 15 is 0 Å². The molecule has 2 amide bonds. The van der Waals surface area contributed by atoms with Crippen LogP contribution in [-0.4, -0.2) is 40.4 Å². The highest BCUT2D eigenvalue weighted by molar-refractivity contribution is 7.15. The Morgan fingerprint density at radius 1 is 1.09 bits per heavy atom. The minimum atomic E-state index is -0.803. The van der Waals surface area contributed by atoms with Crippen LogP contribution in [0.25, 0.3) is 10.4 Å². The third-order valence-electron chi connectivity index (χ3n) is 5.49. The molecule has 10 heteroatoms. The van der Waals surface area contributed by atoms with Gasteiger partial charge in [-0.2, -0.15) is 0 Å². The molecule has 3 aromatic rings. The number of nitro groups is 1. The number of hydrogen-bond acceptors (Lipinski definition) is 7. The van der Waals surface area contributed by atoms with E-state index in [2.05, 4.69) is 15.6 Å². The van der Waals surface area contributed by atoms with Crippen molar-refractivity contribution in [3.8, 4) is 10.4 Å². The predicted molar refractivity (Wildman–Crippen MR) is 136 cm³/mol. The lowest BCUT2D eigenvalue weighted by Crippen LogP contribution is -2.52. The summed E-state index contributed by atoms with van der Waals surface area (Å²) in [6.07, 6.45) is 1.05. The van der Waals surface area contributed by atoms with Crippen LogP contribution in [0.1, 0.15) is 29.6 Å². The van der Waals surface area contributed by atoms with Crippen molar-refractivity contribution in [2.75, 3.05) is 6.54 Å². The van der Waals surface area contributed by atoms with Crippen LogP contribution in [0.3, 0.4) is 0 Å². The number of benzene rings is 2. The molecular weight excluding hydrogens is 466 g/mol. The topological polar surface area (TPSA) is 140 Å². The molecule has 0 bridgehead atoms. The normalized spacial score (nSPS) is 12.5. The number of nitrogens with one attached hydrogen (secondary N) is 2. The summed E-state index contributed by atoms with van der Waals surface area (Å²) in [5.41, 5.74) is 8.54. The predicted octanol–water partition coefficient (Wildman–Crippen LogP) is 3.15. The average molecular weight is 496 g/mol. The fourth-order valence-corrected chi connectivity index (χ4v) is 4.73. The van der Waals surface area contributed by atoms with E-state index in [0.717, 1.165) is 21.7 Å². The van der Waals surface area contributed by atoms with Crippen molar-refractivity contribution >= 4 is 28.8 Å². The molecule has 9 nitrogen and oxygen atoms in total. The maximum Gasteiger partial charge on any atom is 0.269 e. The van der Waals surface area contributed by atoms with Gasteiger partial charge >= 0.3 is 0 Å². The zero-order valence-electron chi connectivity index (χ0n) is 19.7. The summed E-state index contributed by atoms with van der Waals surface area (Å²) >= 11 is 1.40. The molecule has 0 aliphatic carbocycles. The summed E-state index contributed by atoms with van der Waals surface area (Å²) in [4.78, 5) is 41.3. The molecule has 2 aromatic carbocycles. The molecule has 35 heavy (non-hydrogen) atoms. The maximum absolute atomic E-state index is 13.2. The van der Waals surface area contributed by atoms with Crippen LogP contribution in [0.2, 0.25) is 0 Å². The lowest BCUT2D eigenvalue weighted by atomic mass is 10.1. The summed E-state index contributed by atoms with van der Waals surface area (Å²) in [5.74, 6) is -0.552. The van der Waals surface area contributed by atoms with E-state index < -0.39 is 11.0 Å². The lowest BCUT2D eigenvalue weighted by Gasteiger charge is -2.22. The molecule has 184 valence electrons. The van der Waals surface area contributed by atoms with Crippen LogP contribution < -0.4 is 16.4 Å². The fourth-order valence-electron chi connectivity index (χ4n) is 3.62. The number of aryl methyl sites for hydroxylation is 1. The van der Waals surface area contributed by atoms with Gasteiger partial charge in [-0.25, -0.2) is 4.98 Å². The first-order valence-electron chi connectivity index (χ1n) is 11.4. The van der Waals surface area contributed by atoms with E-state index in [-0.39, 0.29) is 42.9 Å². The van der Waals surface area contributed by atoms with Gasteiger partial charge in [-0.15, -0.1) is 11.3 Å². The molecular formula is C25H29N5O4S. The molecule has 0 saturated heterocycles. The van der Waals surface area contributed by atoms with Crippen LogP contribution in [-0.2, 0) is 22.4 Å². The summed E-state index contributed by atoms with van der Waals surface area (Å²) in [6.45, 7) is 3.83. The molecule has 3 rings (SSSR count). The van der Waals surface area contributed by atoms with Crippen molar-refractivity contribution < 1.29 is 14.5 Å². The number of nitrogens with zero attached hydrogens (tertiary/aromatic N) is 2. The Morgan fingerprint density at radius 3 is 2.37 bits per heavy atom. The average Bonchev–Trinajstić information content (AvgIpc) is 3.23. The number of amides is 2. The van der Waals surface area contributed by atoms with Gasteiger partial charge in [0, 0.05) is 37.6 Å². The smallest absolute Gasteiger partial charge is 0.269 e. The van der Waals surface area contributed by atoms with Crippen molar-refractivity contribution in [3.63, 3.8) is 0 Å². The molecule has 4 N–H and O–H groups in total. The summed E-state index contributed by atoms with van der Waals surface area (Å²) in [5, 5.41) is 17.4. The minimum Gasteiger partial charge on any atom is -0.350 e. The molecule has 0 radical (unpaired) electrons. The summed E-state index contributed by atoms with van der Waals surface area (Å²) in [7, 11) is 0. The van der Waals surface area contributed by atoms with Crippen molar-refractivity contribution in [1.29, 1.82) is 0 Å². The van der Waals surface area contributed by atoms with Crippen LogP contribution in [0, 0.1) is 17.0 Å². The number of non-ortho nitro benzene ring substituents is 1. The maximum atomic E-state index is 13.2. The van der Waals surface area contributed by atoms with E-state index in [9.17, 15) is 19.7 Å². The third-order valence-corrected chi connectivity index (χ3v) is 6.72. The van der Waals surface area contributed by atoms with Crippen molar-refractivity contribution in [2.45, 2.75) is 45.2 Å². The molecule has 0 spiro atoms. The first-order chi connectivity index (χ1) is 16.8. The number of nitro benzene ring substituents is 1. The number of nitrogens with two attached hydrogens (primary N) is 1. The van der Waals surface area contributed by atoms with Gasteiger partial charge in [0.15, 0.2) is 0 Å². The minimum absolute atomic E-state index is 0.0140.